The Labute approximate surface area is 147 Å². The second-order valence-electron chi connectivity index (χ2n) is 8.12. The molecule has 5 heteroatoms. The monoisotopic (exact) mass is 353 g/mol. The third-order valence-corrected chi connectivity index (χ3v) is 6.16. The van der Waals surface area contributed by atoms with Crippen LogP contribution in [0, 0.1) is 17.3 Å². The summed E-state index contributed by atoms with van der Waals surface area (Å²) in [5, 5.41) is 0. The summed E-state index contributed by atoms with van der Waals surface area (Å²) in [4.78, 5) is 15.1. The molecule has 0 radical (unpaired) electrons. The van der Waals surface area contributed by atoms with Gasteiger partial charge in [0.15, 0.2) is 0 Å². The average Bonchev–Trinajstić information content (AvgIpc) is 2.95. The van der Waals surface area contributed by atoms with E-state index in [1.165, 1.54) is 6.07 Å². The largest absolute Gasteiger partial charge is 0.416 e. The van der Waals surface area contributed by atoms with Crippen LogP contribution >= 0.6 is 0 Å². The zero-order chi connectivity index (χ0) is 18.4. The molecule has 2 nitrogen and oxygen atoms in total. The Bertz CT molecular complexity index is 667. The van der Waals surface area contributed by atoms with Gasteiger partial charge in [-0.25, -0.2) is 0 Å². The molecule has 3 rings (SSSR count). The van der Waals surface area contributed by atoms with Crippen molar-refractivity contribution in [1.29, 1.82) is 0 Å². The number of amides is 1. The van der Waals surface area contributed by atoms with E-state index in [-0.39, 0.29) is 17.2 Å². The highest BCUT2D eigenvalue weighted by Gasteiger charge is 2.48. The number of benzene rings is 1. The van der Waals surface area contributed by atoms with E-state index in [0.717, 1.165) is 30.9 Å². The van der Waals surface area contributed by atoms with E-state index in [4.69, 9.17) is 0 Å². The molecule has 138 valence electrons. The minimum Gasteiger partial charge on any atom is -0.338 e. The maximum absolute atomic E-state index is 13.3. The smallest absolute Gasteiger partial charge is 0.338 e. The first-order chi connectivity index (χ1) is 11.6. The number of hydrogen-bond donors (Lipinski definition) is 0. The Kier molecular flexibility index (Phi) is 4.63. The van der Waals surface area contributed by atoms with Crippen LogP contribution in [0.15, 0.2) is 18.2 Å². The number of alkyl halides is 3. The van der Waals surface area contributed by atoms with Crippen molar-refractivity contribution in [3.63, 3.8) is 0 Å². The van der Waals surface area contributed by atoms with Gasteiger partial charge in [-0.3, -0.25) is 4.79 Å². The van der Waals surface area contributed by atoms with Gasteiger partial charge in [-0.15, -0.1) is 0 Å². The first-order valence-electron chi connectivity index (χ1n) is 9.12. The lowest BCUT2D eigenvalue weighted by Gasteiger charge is -2.39. The Morgan fingerprint density at radius 1 is 1.28 bits per heavy atom. The molecule has 0 spiro atoms. The lowest BCUT2D eigenvalue weighted by Crippen LogP contribution is -2.47. The summed E-state index contributed by atoms with van der Waals surface area (Å²) in [6.45, 7) is 7.25. The highest BCUT2D eigenvalue weighted by Crippen LogP contribution is 2.48. The highest BCUT2D eigenvalue weighted by atomic mass is 19.4. The van der Waals surface area contributed by atoms with Gasteiger partial charge in [0.05, 0.1) is 11.0 Å². The quantitative estimate of drug-likeness (QED) is 0.728. The number of fused-ring (bicyclic) bond motifs is 1. The van der Waals surface area contributed by atoms with Crippen LogP contribution in [0.4, 0.5) is 13.2 Å². The predicted molar refractivity (Wildman–Crippen MR) is 90.9 cm³/mol. The molecule has 2 aliphatic rings. The van der Waals surface area contributed by atoms with E-state index in [1.807, 2.05) is 0 Å². The third kappa shape index (κ3) is 3.30. The molecule has 1 fully saturated rings. The highest BCUT2D eigenvalue weighted by molar-refractivity contribution is 5.83. The first-order valence-corrected chi connectivity index (χ1v) is 9.12. The molecule has 0 saturated heterocycles. The van der Waals surface area contributed by atoms with Crippen molar-refractivity contribution in [1.82, 2.24) is 4.90 Å². The van der Waals surface area contributed by atoms with Crippen LogP contribution in [0.3, 0.4) is 0 Å². The van der Waals surface area contributed by atoms with Crippen LogP contribution in [0.2, 0.25) is 0 Å². The zero-order valence-corrected chi connectivity index (χ0v) is 15.1. The van der Waals surface area contributed by atoms with Crippen molar-refractivity contribution < 1.29 is 18.0 Å². The van der Waals surface area contributed by atoms with Crippen LogP contribution < -0.4 is 0 Å². The van der Waals surface area contributed by atoms with Crippen molar-refractivity contribution in [3.8, 4) is 0 Å². The van der Waals surface area contributed by atoms with Gasteiger partial charge in [0.25, 0.3) is 0 Å². The summed E-state index contributed by atoms with van der Waals surface area (Å²) in [6.07, 6.45) is -0.900. The van der Waals surface area contributed by atoms with Crippen molar-refractivity contribution in [2.75, 3.05) is 6.54 Å². The van der Waals surface area contributed by atoms with E-state index >= 15 is 0 Å². The summed E-state index contributed by atoms with van der Waals surface area (Å²) < 4.78 is 39.0. The van der Waals surface area contributed by atoms with E-state index in [1.54, 1.807) is 11.0 Å². The summed E-state index contributed by atoms with van der Waals surface area (Å²) >= 11 is 0. The summed E-state index contributed by atoms with van der Waals surface area (Å²) in [6, 6.07) is 3.93. The van der Waals surface area contributed by atoms with Gasteiger partial charge in [-0.2, -0.15) is 13.2 Å². The van der Waals surface area contributed by atoms with Gasteiger partial charge >= 0.3 is 6.18 Å². The van der Waals surface area contributed by atoms with Gasteiger partial charge in [-0.1, -0.05) is 26.8 Å². The van der Waals surface area contributed by atoms with Gasteiger partial charge in [0, 0.05) is 13.1 Å². The molecule has 1 amide bonds. The maximum Gasteiger partial charge on any atom is 0.416 e. The topological polar surface area (TPSA) is 20.3 Å². The molecule has 0 bridgehead atoms. The molecule has 2 atom stereocenters. The third-order valence-electron chi connectivity index (χ3n) is 6.16. The molecule has 0 N–H and O–H groups in total. The normalized spacial score (nSPS) is 26.8. The van der Waals surface area contributed by atoms with E-state index < -0.39 is 11.7 Å². The first kappa shape index (κ1) is 18.3. The molecule has 1 saturated carbocycles. The number of nitrogens with zero attached hydrogens (tertiary/aromatic N) is 1. The molecule has 25 heavy (non-hydrogen) atoms. The summed E-state index contributed by atoms with van der Waals surface area (Å²) in [5.74, 6) is 0.906. The summed E-state index contributed by atoms with van der Waals surface area (Å²) in [5.41, 5.74) is 0.585. The second kappa shape index (κ2) is 6.33. The fourth-order valence-electron chi connectivity index (χ4n) is 4.52. The standard InChI is InChI=1S/C20H26F3NO/c1-13(2)19(8-6-14(3)11-19)18(25)24-9-7-15-4-5-17(20(21,22)23)10-16(15)12-24/h4-5,10,13-14H,6-9,11-12H2,1-3H3. The minimum atomic E-state index is -4.35. The number of halogens is 3. The number of rotatable bonds is 2. The lowest BCUT2D eigenvalue weighted by molar-refractivity contribution is -0.146. The number of carbonyl (C=O) groups is 1. The van der Waals surface area contributed by atoms with Gasteiger partial charge in [-0.05, 0) is 60.8 Å². The molecular formula is C20H26F3NO. The Hall–Kier alpha value is -1.52. The lowest BCUT2D eigenvalue weighted by atomic mass is 9.73. The van der Waals surface area contributed by atoms with E-state index in [0.29, 0.717) is 31.0 Å². The fourth-order valence-corrected chi connectivity index (χ4v) is 4.52. The average molecular weight is 353 g/mol. The van der Waals surface area contributed by atoms with Crippen molar-refractivity contribution >= 4 is 5.91 Å². The van der Waals surface area contributed by atoms with E-state index in [9.17, 15) is 18.0 Å². The summed E-state index contributed by atoms with van der Waals surface area (Å²) in [7, 11) is 0. The van der Waals surface area contributed by atoms with Crippen molar-refractivity contribution in [3.05, 3.63) is 34.9 Å². The number of hydrogen-bond acceptors (Lipinski definition) is 1. The Morgan fingerprint density at radius 2 is 2.00 bits per heavy atom. The van der Waals surface area contributed by atoms with Crippen LogP contribution in [0.5, 0.6) is 0 Å². The molecule has 1 aliphatic heterocycles. The molecule has 2 unspecified atom stereocenters. The second-order valence-corrected chi connectivity index (χ2v) is 8.12. The SMILES string of the molecule is CC1CCC(C(=O)N2CCc3ccc(C(F)(F)F)cc3C2)(C(C)C)C1. The maximum atomic E-state index is 13.3. The van der Waals surface area contributed by atoms with Gasteiger partial charge in [0.2, 0.25) is 5.91 Å². The van der Waals surface area contributed by atoms with E-state index in [2.05, 4.69) is 20.8 Å². The van der Waals surface area contributed by atoms with Crippen LogP contribution in [0.25, 0.3) is 0 Å². The van der Waals surface area contributed by atoms with Crippen LogP contribution in [0.1, 0.15) is 56.7 Å². The van der Waals surface area contributed by atoms with Gasteiger partial charge in [0.1, 0.15) is 0 Å². The van der Waals surface area contributed by atoms with Gasteiger partial charge < -0.3 is 4.90 Å². The Balaban J connectivity index is 1.85. The van der Waals surface area contributed by atoms with Crippen molar-refractivity contribution in [2.45, 2.75) is 59.2 Å². The van der Waals surface area contributed by atoms with Crippen molar-refractivity contribution in [2.24, 2.45) is 17.3 Å². The predicted octanol–water partition coefficient (Wildman–Crippen LogP) is 5.05. The Morgan fingerprint density at radius 3 is 2.56 bits per heavy atom. The molecule has 1 aromatic carbocycles. The van der Waals surface area contributed by atoms with Crippen LogP contribution in [-0.4, -0.2) is 17.4 Å². The fraction of sp³-hybridized carbons (Fsp3) is 0.650. The zero-order valence-electron chi connectivity index (χ0n) is 15.1. The minimum absolute atomic E-state index is 0.134. The molecule has 1 aliphatic carbocycles. The molecule has 1 heterocycles. The molecule has 1 aromatic rings. The molecule has 0 aromatic heterocycles. The molecular weight excluding hydrogens is 327 g/mol. The number of carbonyl (C=O) groups excluding carboxylic acids is 1. The van der Waals surface area contributed by atoms with Crippen LogP contribution in [-0.2, 0) is 23.9 Å².